The first-order valence-electron chi connectivity index (χ1n) is 6.57. The van der Waals surface area contributed by atoms with Crippen molar-refractivity contribution < 1.29 is 14.9 Å². The lowest BCUT2D eigenvalue weighted by atomic mass is 9.96. The molecule has 0 aliphatic heterocycles. The monoisotopic (exact) mass is 252 g/mol. The van der Waals surface area contributed by atoms with Crippen molar-refractivity contribution in [1.82, 2.24) is 0 Å². The molecule has 0 fully saturated rings. The largest absolute Gasteiger partial charge is 0.494 e. The number of benzene rings is 1. The summed E-state index contributed by atoms with van der Waals surface area (Å²) >= 11 is 0. The number of ether oxygens (including phenoxy) is 1. The van der Waals surface area contributed by atoms with Gasteiger partial charge in [-0.2, -0.15) is 0 Å². The smallest absolute Gasteiger partial charge is 0.122 e. The highest BCUT2D eigenvalue weighted by molar-refractivity contribution is 5.41. The second kappa shape index (κ2) is 7.39. The molecule has 0 saturated carbocycles. The third kappa shape index (κ3) is 4.00. The molecule has 102 valence electrons. The van der Waals surface area contributed by atoms with E-state index >= 15 is 0 Å². The highest BCUT2D eigenvalue weighted by Gasteiger charge is 2.09. The minimum atomic E-state index is -0.0173. The van der Waals surface area contributed by atoms with E-state index in [1.807, 2.05) is 13.8 Å². The number of rotatable bonds is 7. The number of aryl methyl sites for hydroxylation is 3. The van der Waals surface area contributed by atoms with E-state index in [1.54, 1.807) is 0 Å². The van der Waals surface area contributed by atoms with Gasteiger partial charge >= 0.3 is 0 Å². The van der Waals surface area contributed by atoms with E-state index in [4.69, 9.17) is 14.9 Å². The molecule has 0 atom stereocenters. The second-order valence-electron chi connectivity index (χ2n) is 4.75. The van der Waals surface area contributed by atoms with Gasteiger partial charge in [0.15, 0.2) is 0 Å². The Morgan fingerprint density at radius 1 is 1.11 bits per heavy atom. The molecule has 18 heavy (non-hydrogen) atoms. The van der Waals surface area contributed by atoms with Gasteiger partial charge < -0.3 is 14.9 Å². The third-order valence-electron chi connectivity index (χ3n) is 3.27. The molecule has 3 nitrogen and oxygen atoms in total. The normalized spacial score (nSPS) is 11.0. The first kappa shape index (κ1) is 15.0. The molecular weight excluding hydrogens is 228 g/mol. The zero-order valence-electron chi connectivity index (χ0n) is 11.6. The first-order valence-corrected chi connectivity index (χ1v) is 6.57. The summed E-state index contributed by atoms with van der Waals surface area (Å²) in [5.74, 6) is 0.927. The highest BCUT2D eigenvalue weighted by Crippen LogP contribution is 2.24. The van der Waals surface area contributed by atoms with Crippen LogP contribution >= 0.6 is 0 Å². The van der Waals surface area contributed by atoms with Gasteiger partial charge in [-0.15, -0.1) is 0 Å². The third-order valence-corrected chi connectivity index (χ3v) is 3.27. The molecule has 0 saturated heterocycles. The summed E-state index contributed by atoms with van der Waals surface area (Å²) in [6.45, 7) is 6.87. The lowest BCUT2D eigenvalue weighted by Gasteiger charge is -2.15. The van der Waals surface area contributed by atoms with E-state index in [2.05, 4.69) is 19.1 Å². The number of hydrogen-bond donors (Lipinski definition) is 2. The Kier molecular flexibility index (Phi) is 6.16. The van der Waals surface area contributed by atoms with Crippen molar-refractivity contribution in [1.29, 1.82) is 0 Å². The van der Waals surface area contributed by atoms with Gasteiger partial charge in [-0.3, -0.25) is 0 Å². The van der Waals surface area contributed by atoms with E-state index in [-0.39, 0.29) is 19.1 Å². The van der Waals surface area contributed by atoms with Crippen LogP contribution in [0, 0.1) is 19.8 Å². The van der Waals surface area contributed by atoms with Crippen LogP contribution in [-0.4, -0.2) is 30.0 Å². The summed E-state index contributed by atoms with van der Waals surface area (Å²) < 4.78 is 5.56. The maximum absolute atomic E-state index is 9.06. The van der Waals surface area contributed by atoms with E-state index < -0.39 is 0 Å². The van der Waals surface area contributed by atoms with Gasteiger partial charge in [-0.05, 0) is 56.4 Å². The number of aliphatic hydroxyl groups excluding tert-OH is 2. The summed E-state index contributed by atoms with van der Waals surface area (Å²) in [5, 5.41) is 18.1. The molecule has 0 unspecified atom stereocenters. The highest BCUT2D eigenvalue weighted by atomic mass is 16.5. The first-order chi connectivity index (χ1) is 8.62. The molecule has 2 N–H and O–H groups in total. The van der Waals surface area contributed by atoms with Gasteiger partial charge in [0.2, 0.25) is 0 Å². The Bertz CT molecular complexity index is 370. The Hall–Kier alpha value is -1.06. The summed E-state index contributed by atoms with van der Waals surface area (Å²) in [5.41, 5.74) is 3.61. The maximum Gasteiger partial charge on any atom is 0.122 e. The van der Waals surface area contributed by atoms with Crippen LogP contribution in [0.4, 0.5) is 0 Å². The number of aliphatic hydroxyl groups is 2. The van der Waals surface area contributed by atoms with E-state index in [9.17, 15) is 0 Å². The van der Waals surface area contributed by atoms with Crippen molar-refractivity contribution >= 4 is 0 Å². The summed E-state index contributed by atoms with van der Waals surface area (Å²) in [6.07, 6.45) is 1.69. The Balaban J connectivity index is 2.75. The zero-order chi connectivity index (χ0) is 13.5. The van der Waals surface area contributed by atoms with Crippen molar-refractivity contribution in [2.24, 2.45) is 5.92 Å². The minimum Gasteiger partial charge on any atom is -0.494 e. The maximum atomic E-state index is 9.06. The van der Waals surface area contributed by atoms with Crippen LogP contribution in [0.5, 0.6) is 5.75 Å². The molecule has 0 aliphatic rings. The molecule has 0 amide bonds. The average Bonchev–Trinajstić information content (AvgIpc) is 2.36. The average molecular weight is 252 g/mol. The molecule has 0 bridgehead atoms. The van der Waals surface area contributed by atoms with Crippen molar-refractivity contribution in [2.75, 3.05) is 19.8 Å². The van der Waals surface area contributed by atoms with Gasteiger partial charge in [-0.25, -0.2) is 0 Å². The predicted octanol–water partition coefficient (Wildman–Crippen LogP) is 2.24. The van der Waals surface area contributed by atoms with Crippen LogP contribution < -0.4 is 4.74 Å². The fourth-order valence-corrected chi connectivity index (χ4v) is 2.03. The van der Waals surface area contributed by atoms with Gasteiger partial charge in [0, 0.05) is 19.1 Å². The van der Waals surface area contributed by atoms with Crippen molar-refractivity contribution in [2.45, 2.75) is 33.6 Å². The standard InChI is InChI=1S/C15H24O3/c1-4-18-15-8-11(2)14(7-12(15)3)6-5-13(9-16)10-17/h7-8,13,16-17H,4-6,9-10H2,1-3H3. The van der Waals surface area contributed by atoms with E-state index in [1.165, 1.54) is 11.1 Å². The molecule has 0 heterocycles. The number of hydrogen-bond acceptors (Lipinski definition) is 3. The minimum absolute atomic E-state index is 0.0173. The van der Waals surface area contributed by atoms with Gasteiger partial charge in [0.05, 0.1) is 6.61 Å². The summed E-state index contributed by atoms with van der Waals surface area (Å²) in [6, 6.07) is 4.22. The van der Waals surface area contributed by atoms with Crippen LogP contribution in [0.1, 0.15) is 30.0 Å². The second-order valence-corrected chi connectivity index (χ2v) is 4.75. The van der Waals surface area contributed by atoms with Crippen LogP contribution in [0.15, 0.2) is 12.1 Å². The van der Waals surface area contributed by atoms with Crippen molar-refractivity contribution in [3.8, 4) is 5.75 Å². The molecule has 1 aromatic rings. The van der Waals surface area contributed by atoms with Crippen molar-refractivity contribution in [3.63, 3.8) is 0 Å². The Morgan fingerprint density at radius 3 is 2.33 bits per heavy atom. The lowest BCUT2D eigenvalue weighted by molar-refractivity contribution is 0.144. The van der Waals surface area contributed by atoms with Gasteiger partial charge in [0.25, 0.3) is 0 Å². The molecule has 1 aromatic carbocycles. The van der Waals surface area contributed by atoms with Crippen molar-refractivity contribution in [3.05, 3.63) is 28.8 Å². The summed E-state index contributed by atoms with van der Waals surface area (Å²) in [4.78, 5) is 0. The topological polar surface area (TPSA) is 49.7 Å². The Morgan fingerprint density at radius 2 is 1.78 bits per heavy atom. The van der Waals surface area contributed by atoms with E-state index in [0.29, 0.717) is 6.61 Å². The molecule has 1 rings (SSSR count). The SMILES string of the molecule is CCOc1cc(C)c(CCC(CO)CO)cc1C. The van der Waals surface area contributed by atoms with Crippen LogP contribution in [0.25, 0.3) is 0 Å². The van der Waals surface area contributed by atoms with Crippen LogP contribution in [0.3, 0.4) is 0 Å². The molecular formula is C15H24O3. The summed E-state index contributed by atoms with van der Waals surface area (Å²) in [7, 11) is 0. The van der Waals surface area contributed by atoms with E-state index in [0.717, 1.165) is 24.2 Å². The molecule has 3 heteroatoms. The molecule has 0 aromatic heterocycles. The lowest BCUT2D eigenvalue weighted by Crippen LogP contribution is -2.12. The fourth-order valence-electron chi connectivity index (χ4n) is 2.03. The zero-order valence-corrected chi connectivity index (χ0v) is 11.6. The quantitative estimate of drug-likeness (QED) is 0.782. The Labute approximate surface area is 109 Å². The fraction of sp³-hybridized carbons (Fsp3) is 0.600. The van der Waals surface area contributed by atoms with Gasteiger partial charge in [0.1, 0.15) is 5.75 Å². The molecule has 0 spiro atoms. The van der Waals surface area contributed by atoms with Crippen LogP contribution in [-0.2, 0) is 6.42 Å². The van der Waals surface area contributed by atoms with Crippen LogP contribution in [0.2, 0.25) is 0 Å². The van der Waals surface area contributed by atoms with Gasteiger partial charge in [-0.1, -0.05) is 6.07 Å². The molecule has 0 aliphatic carbocycles. The molecule has 0 radical (unpaired) electrons. The predicted molar refractivity (Wildman–Crippen MR) is 73.1 cm³/mol.